The first kappa shape index (κ1) is 25.2. The van der Waals surface area contributed by atoms with Crippen LogP contribution in [0.3, 0.4) is 0 Å². The second-order valence-corrected chi connectivity index (χ2v) is 9.41. The van der Waals surface area contributed by atoms with Gasteiger partial charge in [-0.1, -0.05) is 52.8 Å². The Hall–Kier alpha value is -3.02. The molecule has 6 heteroatoms. The standard InChI is InChI=1S/C26H35NO5/c1-16(2)20(19-10-9-18(31-6)14-23(19)32-7)15-24(28)27-22-12-17(13-25(29)30)8-11-21(22)26(3,4)5/h8-12,14,16,20H,13,15H2,1-7H3,(H,27,28)(H,29,30). The van der Waals surface area contributed by atoms with Crippen molar-refractivity contribution in [3.05, 3.63) is 53.1 Å². The lowest BCUT2D eigenvalue weighted by atomic mass is 9.83. The highest BCUT2D eigenvalue weighted by Crippen LogP contribution is 2.37. The Balaban J connectivity index is 2.34. The fourth-order valence-electron chi connectivity index (χ4n) is 3.86. The molecule has 0 aliphatic rings. The van der Waals surface area contributed by atoms with Gasteiger partial charge >= 0.3 is 5.97 Å². The van der Waals surface area contributed by atoms with Crippen LogP contribution in [-0.2, 0) is 21.4 Å². The molecule has 0 aliphatic carbocycles. The van der Waals surface area contributed by atoms with Gasteiger partial charge in [-0.3, -0.25) is 9.59 Å². The van der Waals surface area contributed by atoms with Crippen molar-refractivity contribution in [2.24, 2.45) is 5.92 Å². The molecule has 1 amide bonds. The van der Waals surface area contributed by atoms with E-state index in [0.717, 1.165) is 11.1 Å². The summed E-state index contributed by atoms with van der Waals surface area (Å²) in [5, 5.41) is 12.2. The molecule has 2 rings (SSSR count). The van der Waals surface area contributed by atoms with Crippen molar-refractivity contribution in [2.45, 2.75) is 58.8 Å². The van der Waals surface area contributed by atoms with E-state index in [1.807, 2.05) is 30.3 Å². The molecule has 2 aromatic rings. The van der Waals surface area contributed by atoms with Crippen LogP contribution in [0.2, 0.25) is 0 Å². The highest BCUT2D eigenvalue weighted by atomic mass is 16.5. The minimum absolute atomic E-state index is 0.0591. The number of hydrogen-bond donors (Lipinski definition) is 2. The lowest BCUT2D eigenvalue weighted by Gasteiger charge is -2.26. The van der Waals surface area contributed by atoms with Gasteiger partial charge in [0.25, 0.3) is 0 Å². The number of carbonyl (C=O) groups excluding carboxylic acids is 1. The lowest BCUT2D eigenvalue weighted by molar-refractivity contribution is -0.136. The van der Waals surface area contributed by atoms with Gasteiger partial charge in [0.1, 0.15) is 11.5 Å². The third-order valence-corrected chi connectivity index (χ3v) is 5.57. The van der Waals surface area contributed by atoms with E-state index in [-0.39, 0.29) is 36.0 Å². The second-order valence-electron chi connectivity index (χ2n) is 9.41. The molecule has 0 saturated carbocycles. The second kappa shape index (κ2) is 10.5. The Labute approximate surface area is 190 Å². The van der Waals surface area contributed by atoms with Gasteiger partial charge in [0, 0.05) is 18.2 Å². The van der Waals surface area contributed by atoms with Gasteiger partial charge in [-0.05, 0) is 46.1 Å². The van der Waals surface area contributed by atoms with Crippen molar-refractivity contribution in [2.75, 3.05) is 19.5 Å². The molecule has 0 radical (unpaired) electrons. The lowest BCUT2D eigenvalue weighted by Crippen LogP contribution is -2.22. The van der Waals surface area contributed by atoms with Gasteiger partial charge in [0.15, 0.2) is 0 Å². The first-order valence-corrected chi connectivity index (χ1v) is 10.8. The van der Waals surface area contributed by atoms with Crippen LogP contribution in [0.4, 0.5) is 5.69 Å². The fraction of sp³-hybridized carbons (Fsp3) is 0.462. The predicted octanol–water partition coefficient (Wildman–Crippen LogP) is 5.40. The topological polar surface area (TPSA) is 84.9 Å². The zero-order valence-corrected chi connectivity index (χ0v) is 20.1. The van der Waals surface area contributed by atoms with Crippen molar-refractivity contribution in [3.63, 3.8) is 0 Å². The summed E-state index contributed by atoms with van der Waals surface area (Å²) in [6, 6.07) is 11.1. The largest absolute Gasteiger partial charge is 0.497 e. The molecule has 0 spiro atoms. The van der Waals surface area contributed by atoms with E-state index >= 15 is 0 Å². The average molecular weight is 442 g/mol. The summed E-state index contributed by atoms with van der Waals surface area (Å²) in [4.78, 5) is 24.3. The van der Waals surface area contributed by atoms with E-state index in [4.69, 9.17) is 14.6 Å². The molecule has 0 aliphatic heterocycles. The zero-order valence-electron chi connectivity index (χ0n) is 20.1. The third kappa shape index (κ3) is 6.49. The Morgan fingerprint density at radius 1 is 1.03 bits per heavy atom. The number of benzene rings is 2. The number of carboxylic acid groups (broad SMARTS) is 1. The first-order valence-electron chi connectivity index (χ1n) is 10.8. The molecule has 0 bridgehead atoms. The molecular formula is C26H35NO5. The molecule has 2 N–H and O–H groups in total. The summed E-state index contributed by atoms with van der Waals surface area (Å²) in [5.41, 5.74) is 3.02. The number of aliphatic carboxylic acids is 1. The summed E-state index contributed by atoms with van der Waals surface area (Å²) in [5.74, 6) is 0.494. The van der Waals surface area contributed by atoms with E-state index in [0.29, 0.717) is 22.7 Å². The smallest absolute Gasteiger partial charge is 0.307 e. The number of hydrogen-bond acceptors (Lipinski definition) is 4. The minimum atomic E-state index is -0.905. The minimum Gasteiger partial charge on any atom is -0.497 e. The monoisotopic (exact) mass is 441 g/mol. The number of rotatable bonds is 9. The number of carboxylic acids is 1. The molecular weight excluding hydrogens is 406 g/mol. The number of ether oxygens (including phenoxy) is 2. The van der Waals surface area contributed by atoms with E-state index in [1.54, 1.807) is 20.3 Å². The van der Waals surface area contributed by atoms with Crippen LogP contribution in [0.1, 0.15) is 63.6 Å². The molecule has 0 fully saturated rings. The first-order chi connectivity index (χ1) is 15.0. The molecule has 1 atom stereocenters. The summed E-state index contributed by atoms with van der Waals surface area (Å²) < 4.78 is 10.9. The van der Waals surface area contributed by atoms with Crippen molar-refractivity contribution in [1.29, 1.82) is 0 Å². The van der Waals surface area contributed by atoms with E-state index in [1.165, 1.54) is 0 Å². The quantitative estimate of drug-likeness (QED) is 0.544. The van der Waals surface area contributed by atoms with Crippen LogP contribution in [-0.4, -0.2) is 31.2 Å². The van der Waals surface area contributed by atoms with Crippen LogP contribution in [0, 0.1) is 5.92 Å². The fourth-order valence-corrected chi connectivity index (χ4v) is 3.86. The normalized spacial score (nSPS) is 12.4. The molecule has 174 valence electrons. The number of anilines is 1. The summed E-state index contributed by atoms with van der Waals surface area (Å²) in [6.07, 6.45) is 0.179. The SMILES string of the molecule is COc1ccc(C(CC(=O)Nc2cc(CC(=O)O)ccc2C(C)(C)C)C(C)C)c(OC)c1. The number of carbonyl (C=O) groups is 2. The van der Waals surface area contributed by atoms with Gasteiger partial charge in [0.05, 0.1) is 20.6 Å². The molecule has 0 saturated heterocycles. The van der Waals surface area contributed by atoms with Gasteiger partial charge in [-0.15, -0.1) is 0 Å². The Morgan fingerprint density at radius 2 is 1.72 bits per heavy atom. The maximum atomic E-state index is 13.1. The molecule has 0 aromatic heterocycles. The number of methoxy groups -OCH3 is 2. The Morgan fingerprint density at radius 3 is 2.25 bits per heavy atom. The van der Waals surface area contributed by atoms with Crippen LogP contribution in [0.5, 0.6) is 11.5 Å². The van der Waals surface area contributed by atoms with Gasteiger partial charge in [-0.2, -0.15) is 0 Å². The number of nitrogens with one attached hydrogen (secondary N) is 1. The molecule has 32 heavy (non-hydrogen) atoms. The van der Waals surface area contributed by atoms with Gasteiger partial charge in [-0.25, -0.2) is 0 Å². The van der Waals surface area contributed by atoms with Crippen molar-refractivity contribution >= 4 is 17.6 Å². The summed E-state index contributed by atoms with van der Waals surface area (Å²) >= 11 is 0. The maximum absolute atomic E-state index is 13.1. The predicted molar refractivity (Wildman–Crippen MR) is 127 cm³/mol. The molecule has 0 heterocycles. The molecule has 1 unspecified atom stereocenters. The van der Waals surface area contributed by atoms with E-state index < -0.39 is 5.97 Å². The van der Waals surface area contributed by atoms with Crippen LogP contribution in [0.25, 0.3) is 0 Å². The van der Waals surface area contributed by atoms with Gasteiger partial charge < -0.3 is 19.9 Å². The highest BCUT2D eigenvalue weighted by Gasteiger charge is 2.25. The third-order valence-electron chi connectivity index (χ3n) is 5.57. The van der Waals surface area contributed by atoms with Crippen molar-refractivity contribution < 1.29 is 24.2 Å². The van der Waals surface area contributed by atoms with Crippen molar-refractivity contribution in [1.82, 2.24) is 0 Å². The highest BCUT2D eigenvalue weighted by molar-refractivity contribution is 5.92. The van der Waals surface area contributed by atoms with Crippen LogP contribution < -0.4 is 14.8 Å². The zero-order chi connectivity index (χ0) is 24.1. The molecule has 2 aromatic carbocycles. The van der Waals surface area contributed by atoms with Gasteiger partial charge in [0.2, 0.25) is 5.91 Å². The van der Waals surface area contributed by atoms with Crippen molar-refractivity contribution in [3.8, 4) is 11.5 Å². The molecule has 6 nitrogen and oxygen atoms in total. The van der Waals surface area contributed by atoms with Crippen LogP contribution >= 0.6 is 0 Å². The summed E-state index contributed by atoms with van der Waals surface area (Å²) in [6.45, 7) is 10.3. The van der Waals surface area contributed by atoms with E-state index in [9.17, 15) is 9.59 Å². The Kier molecular flexibility index (Phi) is 8.31. The maximum Gasteiger partial charge on any atom is 0.307 e. The average Bonchev–Trinajstić information content (AvgIpc) is 2.70. The Bertz CT molecular complexity index is 959. The number of amides is 1. The summed E-state index contributed by atoms with van der Waals surface area (Å²) in [7, 11) is 3.21. The van der Waals surface area contributed by atoms with Crippen LogP contribution in [0.15, 0.2) is 36.4 Å². The van der Waals surface area contributed by atoms with E-state index in [2.05, 4.69) is 39.9 Å².